The molecule has 2 atom stereocenters. The topological polar surface area (TPSA) is 24.6 Å². The molecular formula is C56H56BN3O. The normalized spacial score (nSPS) is 20.1. The van der Waals surface area contributed by atoms with E-state index in [1.165, 1.54) is 114 Å². The van der Waals surface area contributed by atoms with Gasteiger partial charge in [0.25, 0.3) is 6.71 Å². The Balaban J connectivity index is 1.30. The van der Waals surface area contributed by atoms with Crippen molar-refractivity contribution in [3.8, 4) is 5.69 Å². The molecule has 4 nitrogen and oxygen atoms in total. The molecule has 0 spiro atoms. The molecule has 1 saturated carbocycles. The minimum absolute atomic E-state index is 0.00881. The molecule has 4 aliphatic rings. The predicted octanol–water partition coefficient (Wildman–Crippen LogP) is 13.1. The maximum Gasteiger partial charge on any atom is 0.252 e. The third kappa shape index (κ3) is 4.73. The van der Waals surface area contributed by atoms with E-state index in [0.717, 1.165) is 17.7 Å². The van der Waals surface area contributed by atoms with E-state index in [1.54, 1.807) is 5.56 Å². The van der Waals surface area contributed by atoms with Gasteiger partial charge < -0.3 is 14.2 Å². The Morgan fingerprint density at radius 1 is 0.656 bits per heavy atom. The molecule has 304 valence electrons. The number of anilines is 5. The second-order valence-electron chi connectivity index (χ2n) is 21.4. The van der Waals surface area contributed by atoms with Gasteiger partial charge in [-0.15, -0.1) is 0 Å². The average Bonchev–Trinajstić information content (AvgIpc) is 3.82. The van der Waals surface area contributed by atoms with Crippen LogP contribution in [0.4, 0.5) is 28.4 Å². The number of aryl methyl sites for hydroxylation is 2. The molecule has 2 aromatic heterocycles. The maximum absolute atomic E-state index is 7.12. The molecule has 1 fully saturated rings. The summed E-state index contributed by atoms with van der Waals surface area (Å²) in [4.78, 5) is 5.41. The summed E-state index contributed by atoms with van der Waals surface area (Å²) in [5.74, 6) is 0. The van der Waals surface area contributed by atoms with E-state index in [-0.39, 0.29) is 28.5 Å². The van der Waals surface area contributed by atoms with Crippen LogP contribution in [0.2, 0.25) is 0 Å². The molecule has 5 heteroatoms. The molecule has 5 heterocycles. The maximum atomic E-state index is 7.12. The lowest BCUT2D eigenvalue weighted by atomic mass is 9.33. The van der Waals surface area contributed by atoms with Crippen molar-refractivity contribution in [1.29, 1.82) is 0 Å². The SMILES string of the molecule is Cc1ccccc1N(c1cc2c3c(c1)-n1c4oc5ccccc5c4c4cc(C(C)(C)C)cc(c41)B3c1cc(C(C)(C)C)cc3c1N2C1(C)CCCCC31C)c1ccccc1C. The fourth-order valence-corrected chi connectivity index (χ4v) is 12.3. The molecule has 61 heavy (non-hydrogen) atoms. The number of furan rings is 1. The molecule has 0 bridgehead atoms. The van der Waals surface area contributed by atoms with Crippen LogP contribution in [-0.4, -0.2) is 16.8 Å². The van der Waals surface area contributed by atoms with Crippen molar-refractivity contribution >= 4 is 84.5 Å². The summed E-state index contributed by atoms with van der Waals surface area (Å²) >= 11 is 0. The monoisotopic (exact) mass is 797 g/mol. The van der Waals surface area contributed by atoms with Crippen molar-refractivity contribution in [1.82, 2.24) is 4.57 Å². The molecule has 0 amide bonds. The highest BCUT2D eigenvalue weighted by atomic mass is 16.3. The van der Waals surface area contributed by atoms with Crippen molar-refractivity contribution in [2.75, 3.05) is 9.80 Å². The van der Waals surface area contributed by atoms with Gasteiger partial charge in [-0.2, -0.15) is 0 Å². The van der Waals surface area contributed by atoms with Crippen LogP contribution in [0.5, 0.6) is 0 Å². The number of hydrogen-bond donors (Lipinski definition) is 0. The number of hydrogen-bond acceptors (Lipinski definition) is 3. The first-order chi connectivity index (χ1) is 29.1. The first-order valence-corrected chi connectivity index (χ1v) is 22.7. The summed E-state index contributed by atoms with van der Waals surface area (Å²) in [6.45, 7) is 24.1. The van der Waals surface area contributed by atoms with Crippen LogP contribution in [0.25, 0.3) is 38.7 Å². The number of rotatable bonds is 3. The molecule has 0 radical (unpaired) electrons. The zero-order valence-corrected chi connectivity index (χ0v) is 37.5. The van der Waals surface area contributed by atoms with Crippen molar-refractivity contribution in [3.05, 3.63) is 137 Å². The molecular weight excluding hydrogens is 741 g/mol. The van der Waals surface area contributed by atoms with Crippen molar-refractivity contribution in [2.45, 2.75) is 117 Å². The quantitative estimate of drug-likeness (QED) is 0.166. The fraction of sp³-hybridized carbons (Fsp3) is 0.321. The number of benzene rings is 6. The smallest absolute Gasteiger partial charge is 0.252 e. The molecule has 8 aromatic rings. The first kappa shape index (κ1) is 37.1. The lowest BCUT2D eigenvalue weighted by Crippen LogP contribution is -2.64. The van der Waals surface area contributed by atoms with Crippen LogP contribution in [0.1, 0.15) is 109 Å². The summed E-state index contributed by atoms with van der Waals surface area (Å²) in [5, 5.41) is 3.68. The predicted molar refractivity (Wildman–Crippen MR) is 260 cm³/mol. The second-order valence-corrected chi connectivity index (χ2v) is 21.4. The van der Waals surface area contributed by atoms with Crippen LogP contribution < -0.4 is 26.2 Å². The lowest BCUT2D eigenvalue weighted by Gasteiger charge is -2.52. The Kier molecular flexibility index (Phi) is 7.32. The van der Waals surface area contributed by atoms with Gasteiger partial charge in [-0.1, -0.05) is 134 Å². The Bertz CT molecular complexity index is 3160. The van der Waals surface area contributed by atoms with E-state index >= 15 is 0 Å². The Hall–Kier alpha value is -5.68. The number of fused-ring (bicyclic) bond motifs is 12. The molecule has 6 aromatic carbocycles. The van der Waals surface area contributed by atoms with E-state index in [0.29, 0.717) is 0 Å². The Morgan fingerprint density at radius 2 is 1.26 bits per heavy atom. The summed E-state index contributed by atoms with van der Waals surface area (Å²) in [5.41, 5.74) is 21.6. The van der Waals surface area contributed by atoms with Crippen LogP contribution in [0.15, 0.2) is 114 Å². The zero-order valence-electron chi connectivity index (χ0n) is 37.5. The molecule has 0 N–H and O–H groups in total. The highest BCUT2D eigenvalue weighted by Gasteiger charge is 2.61. The van der Waals surface area contributed by atoms with Crippen molar-refractivity contribution < 1.29 is 4.42 Å². The van der Waals surface area contributed by atoms with Gasteiger partial charge >= 0.3 is 0 Å². The summed E-state index contributed by atoms with van der Waals surface area (Å²) < 4.78 is 9.66. The van der Waals surface area contributed by atoms with E-state index in [1.807, 2.05) is 0 Å². The standard InChI is InChI=1S/C56H56BN3O/c1-33-19-11-14-22-43(33)58(44-23-15-12-20-34(44)2)37-31-45-49-46(32-37)60-51-40(55(9)25-17-18-26-56(55,60)10)28-36(54(6,7)8)30-42(51)57(49)41-29-35(53(3,4)5)27-39-48-38-21-13-16-24-47(38)61-52(48)59(45)50(39)41/h11-16,19-24,27-32H,17-18,25-26H2,1-10H3. The molecule has 1 aliphatic carbocycles. The second kappa shape index (κ2) is 12.0. The minimum atomic E-state index is -0.111. The van der Waals surface area contributed by atoms with Gasteiger partial charge in [0, 0.05) is 44.6 Å². The summed E-state index contributed by atoms with van der Waals surface area (Å²) in [6.07, 6.45) is 4.83. The molecule has 2 unspecified atom stereocenters. The van der Waals surface area contributed by atoms with E-state index < -0.39 is 0 Å². The van der Waals surface area contributed by atoms with Gasteiger partial charge in [-0.3, -0.25) is 4.57 Å². The number of para-hydroxylation sites is 3. The van der Waals surface area contributed by atoms with Crippen LogP contribution in [0, 0.1) is 13.8 Å². The van der Waals surface area contributed by atoms with E-state index in [4.69, 9.17) is 4.42 Å². The van der Waals surface area contributed by atoms with Gasteiger partial charge in [0.15, 0.2) is 0 Å². The van der Waals surface area contributed by atoms with Crippen LogP contribution >= 0.6 is 0 Å². The summed E-state index contributed by atoms with van der Waals surface area (Å²) in [7, 11) is 0. The molecule has 3 aliphatic heterocycles. The Labute approximate surface area is 361 Å². The van der Waals surface area contributed by atoms with Crippen LogP contribution in [-0.2, 0) is 16.2 Å². The highest BCUT2D eigenvalue weighted by Crippen LogP contribution is 2.62. The Morgan fingerprint density at radius 3 is 1.95 bits per heavy atom. The van der Waals surface area contributed by atoms with Gasteiger partial charge in [-0.25, -0.2) is 0 Å². The minimum Gasteiger partial charge on any atom is -0.439 e. The highest BCUT2D eigenvalue weighted by molar-refractivity contribution is 7.00. The number of nitrogens with zero attached hydrogens (tertiary/aromatic N) is 3. The zero-order chi connectivity index (χ0) is 42.1. The van der Waals surface area contributed by atoms with Gasteiger partial charge in [0.1, 0.15) is 5.58 Å². The third-order valence-corrected chi connectivity index (χ3v) is 15.9. The van der Waals surface area contributed by atoms with Crippen LogP contribution in [0.3, 0.4) is 0 Å². The number of aromatic nitrogens is 1. The van der Waals surface area contributed by atoms with E-state index in [9.17, 15) is 0 Å². The van der Waals surface area contributed by atoms with Gasteiger partial charge in [-0.05, 0) is 125 Å². The third-order valence-electron chi connectivity index (χ3n) is 15.9. The van der Waals surface area contributed by atoms with E-state index in [2.05, 4.69) is 193 Å². The molecule has 12 rings (SSSR count). The average molecular weight is 798 g/mol. The first-order valence-electron chi connectivity index (χ1n) is 22.7. The largest absolute Gasteiger partial charge is 0.439 e. The summed E-state index contributed by atoms with van der Waals surface area (Å²) in [6, 6.07) is 41.9. The van der Waals surface area contributed by atoms with Gasteiger partial charge in [0.05, 0.1) is 22.1 Å². The fourth-order valence-electron chi connectivity index (χ4n) is 12.3. The van der Waals surface area contributed by atoms with Crippen molar-refractivity contribution in [2.24, 2.45) is 0 Å². The molecule has 0 saturated heterocycles. The van der Waals surface area contributed by atoms with Crippen molar-refractivity contribution in [3.63, 3.8) is 0 Å². The lowest BCUT2D eigenvalue weighted by molar-refractivity contribution is 0.195. The van der Waals surface area contributed by atoms with Gasteiger partial charge in [0.2, 0.25) is 5.71 Å².